The smallest absolute Gasteiger partial charge is 0.148 e. The van der Waals surface area contributed by atoms with Crippen LogP contribution in [0.1, 0.15) is 25.7 Å². The average molecular weight is 165 g/mol. The second-order valence-corrected chi connectivity index (χ2v) is 3.23. The summed E-state index contributed by atoms with van der Waals surface area (Å²) in [6, 6.07) is 0. The van der Waals surface area contributed by atoms with E-state index in [-0.39, 0.29) is 0 Å². The van der Waals surface area contributed by atoms with Crippen molar-refractivity contribution in [3.63, 3.8) is 0 Å². The third-order valence-electron chi connectivity index (χ3n) is 2.15. The average Bonchev–Trinajstić information content (AvgIpc) is 2.45. The minimum atomic E-state index is 0.381. The molecule has 12 heavy (non-hydrogen) atoms. The van der Waals surface area contributed by atoms with Crippen LogP contribution in [0.15, 0.2) is 0 Å². The van der Waals surface area contributed by atoms with Crippen molar-refractivity contribution in [2.45, 2.75) is 25.7 Å². The molecular formula is C10H15NO. The van der Waals surface area contributed by atoms with Gasteiger partial charge >= 0.3 is 0 Å². The van der Waals surface area contributed by atoms with E-state index in [2.05, 4.69) is 10.8 Å². The van der Waals surface area contributed by atoms with E-state index >= 15 is 0 Å². The quantitative estimate of drug-likeness (QED) is 0.458. The Balaban J connectivity index is 2.01. The fourth-order valence-electron chi connectivity index (χ4n) is 1.44. The predicted molar refractivity (Wildman–Crippen MR) is 48.7 cm³/mol. The second-order valence-electron chi connectivity index (χ2n) is 3.23. The zero-order valence-corrected chi connectivity index (χ0v) is 7.38. The summed E-state index contributed by atoms with van der Waals surface area (Å²) in [5.74, 6) is 3.00. The fourth-order valence-corrected chi connectivity index (χ4v) is 1.44. The van der Waals surface area contributed by atoms with Crippen molar-refractivity contribution in [3.8, 4) is 12.3 Å². The highest BCUT2D eigenvalue weighted by molar-refractivity contribution is 5.82. The Hall–Kier alpha value is -0.810. The number of ketones is 1. The molecule has 0 atom stereocenters. The summed E-state index contributed by atoms with van der Waals surface area (Å²) in [6.07, 6.45) is 8.94. The molecule has 1 rings (SSSR count). The maximum Gasteiger partial charge on any atom is 0.148 e. The number of hydrogen-bond donors (Lipinski definition) is 0. The maximum absolute atomic E-state index is 10.9. The lowest BCUT2D eigenvalue weighted by Gasteiger charge is -2.11. The Bertz CT molecular complexity index is 193. The molecule has 1 heterocycles. The third kappa shape index (κ3) is 3.06. The zero-order valence-electron chi connectivity index (χ0n) is 7.38. The number of rotatable bonds is 4. The summed E-state index contributed by atoms with van der Waals surface area (Å²) >= 11 is 0. The van der Waals surface area contributed by atoms with Crippen LogP contribution in [0.25, 0.3) is 0 Å². The highest BCUT2D eigenvalue weighted by Crippen LogP contribution is 2.06. The Morgan fingerprint density at radius 2 is 2.33 bits per heavy atom. The second kappa shape index (κ2) is 4.95. The molecule has 66 valence electrons. The number of carbonyl (C=O) groups is 1. The summed E-state index contributed by atoms with van der Waals surface area (Å²) < 4.78 is 0. The molecule has 0 spiro atoms. The molecule has 1 aliphatic heterocycles. The van der Waals surface area contributed by atoms with E-state index in [1.54, 1.807) is 0 Å². The van der Waals surface area contributed by atoms with Crippen LogP contribution in [-0.2, 0) is 4.79 Å². The van der Waals surface area contributed by atoms with Crippen LogP contribution >= 0.6 is 0 Å². The molecule has 1 aliphatic rings. The summed E-state index contributed by atoms with van der Waals surface area (Å²) in [5, 5.41) is 0. The molecule has 2 nitrogen and oxygen atoms in total. The van der Waals surface area contributed by atoms with Crippen LogP contribution in [0, 0.1) is 12.3 Å². The van der Waals surface area contributed by atoms with Gasteiger partial charge in [-0.15, -0.1) is 12.3 Å². The van der Waals surface area contributed by atoms with E-state index in [4.69, 9.17) is 6.42 Å². The van der Waals surface area contributed by atoms with Gasteiger partial charge < -0.3 is 0 Å². The molecule has 0 unspecified atom stereocenters. The van der Waals surface area contributed by atoms with Gasteiger partial charge in [0, 0.05) is 19.4 Å². The monoisotopic (exact) mass is 165 g/mol. The van der Waals surface area contributed by atoms with E-state index in [0.29, 0.717) is 12.3 Å². The van der Waals surface area contributed by atoms with Crippen molar-refractivity contribution in [1.29, 1.82) is 0 Å². The first kappa shape index (κ1) is 9.28. The standard InChI is InChI=1S/C10H15NO/c1-2-3-4-5-7-11-8-6-10(12)9-11/h1H,3-9H2. The van der Waals surface area contributed by atoms with Crippen LogP contribution in [-0.4, -0.2) is 30.3 Å². The summed E-state index contributed by atoms with van der Waals surface area (Å²) in [7, 11) is 0. The van der Waals surface area contributed by atoms with Crippen LogP contribution < -0.4 is 0 Å². The molecule has 0 aliphatic carbocycles. The van der Waals surface area contributed by atoms with Crippen molar-refractivity contribution in [2.24, 2.45) is 0 Å². The molecule has 0 amide bonds. The normalized spacial score (nSPS) is 18.1. The highest BCUT2D eigenvalue weighted by atomic mass is 16.1. The largest absolute Gasteiger partial charge is 0.298 e. The van der Waals surface area contributed by atoms with Crippen LogP contribution in [0.2, 0.25) is 0 Å². The van der Waals surface area contributed by atoms with E-state index in [1.807, 2.05) is 0 Å². The number of unbranched alkanes of at least 4 members (excludes halogenated alkanes) is 2. The lowest BCUT2D eigenvalue weighted by Crippen LogP contribution is -2.21. The van der Waals surface area contributed by atoms with Gasteiger partial charge in [-0.25, -0.2) is 0 Å². The van der Waals surface area contributed by atoms with E-state index < -0.39 is 0 Å². The van der Waals surface area contributed by atoms with Gasteiger partial charge in [-0.05, 0) is 19.4 Å². The molecule has 1 saturated heterocycles. The van der Waals surface area contributed by atoms with Gasteiger partial charge in [-0.2, -0.15) is 0 Å². The van der Waals surface area contributed by atoms with Crippen molar-refractivity contribution in [1.82, 2.24) is 4.90 Å². The van der Waals surface area contributed by atoms with Crippen LogP contribution in [0.4, 0.5) is 0 Å². The van der Waals surface area contributed by atoms with Crippen LogP contribution in [0.3, 0.4) is 0 Å². The Morgan fingerprint density at radius 1 is 1.50 bits per heavy atom. The lowest BCUT2D eigenvalue weighted by atomic mass is 10.2. The van der Waals surface area contributed by atoms with Gasteiger partial charge in [0.25, 0.3) is 0 Å². The summed E-state index contributed by atoms with van der Waals surface area (Å²) in [5.41, 5.74) is 0. The molecule has 0 N–H and O–H groups in total. The van der Waals surface area contributed by atoms with E-state index in [0.717, 1.165) is 38.8 Å². The van der Waals surface area contributed by atoms with Gasteiger partial charge in [0.2, 0.25) is 0 Å². The number of carbonyl (C=O) groups excluding carboxylic acids is 1. The summed E-state index contributed by atoms with van der Waals surface area (Å²) in [6.45, 7) is 2.65. The maximum atomic E-state index is 10.9. The number of terminal acetylenes is 1. The fraction of sp³-hybridized carbons (Fsp3) is 0.700. The zero-order chi connectivity index (χ0) is 8.81. The molecular weight excluding hydrogens is 150 g/mol. The Morgan fingerprint density at radius 3 is 2.92 bits per heavy atom. The van der Waals surface area contributed by atoms with Gasteiger partial charge in [0.05, 0.1) is 6.54 Å². The van der Waals surface area contributed by atoms with E-state index in [1.165, 1.54) is 0 Å². The number of nitrogens with zero attached hydrogens (tertiary/aromatic N) is 1. The van der Waals surface area contributed by atoms with Gasteiger partial charge in [-0.1, -0.05) is 0 Å². The molecule has 1 fully saturated rings. The topological polar surface area (TPSA) is 20.3 Å². The third-order valence-corrected chi connectivity index (χ3v) is 2.15. The molecule has 0 bridgehead atoms. The number of Topliss-reactive ketones (excluding diaryl/α,β-unsaturated/α-hetero) is 1. The summed E-state index contributed by atoms with van der Waals surface area (Å²) in [4.78, 5) is 13.1. The molecule has 0 saturated carbocycles. The van der Waals surface area contributed by atoms with Crippen molar-refractivity contribution >= 4 is 5.78 Å². The minimum Gasteiger partial charge on any atom is -0.298 e. The molecule has 2 heteroatoms. The molecule has 0 radical (unpaired) electrons. The van der Waals surface area contributed by atoms with Gasteiger partial charge in [-0.3, -0.25) is 9.69 Å². The number of hydrogen-bond acceptors (Lipinski definition) is 2. The van der Waals surface area contributed by atoms with Crippen molar-refractivity contribution in [2.75, 3.05) is 19.6 Å². The molecule has 0 aromatic heterocycles. The SMILES string of the molecule is C#CCCCCN1CCC(=O)C1. The Labute approximate surface area is 73.9 Å². The molecule has 0 aromatic carbocycles. The minimum absolute atomic E-state index is 0.381. The predicted octanol–water partition coefficient (Wildman–Crippen LogP) is 1.06. The first-order valence-corrected chi connectivity index (χ1v) is 4.50. The highest BCUT2D eigenvalue weighted by Gasteiger charge is 2.17. The van der Waals surface area contributed by atoms with Gasteiger partial charge in [0.1, 0.15) is 5.78 Å². The van der Waals surface area contributed by atoms with Gasteiger partial charge in [0.15, 0.2) is 0 Å². The van der Waals surface area contributed by atoms with E-state index in [9.17, 15) is 4.79 Å². The van der Waals surface area contributed by atoms with Crippen molar-refractivity contribution < 1.29 is 4.79 Å². The first-order chi connectivity index (χ1) is 5.83. The first-order valence-electron chi connectivity index (χ1n) is 4.50. The lowest BCUT2D eigenvalue weighted by molar-refractivity contribution is -0.116. The molecule has 0 aromatic rings. The number of likely N-dealkylation sites (tertiary alicyclic amines) is 1. The Kier molecular flexibility index (Phi) is 3.83. The van der Waals surface area contributed by atoms with Crippen LogP contribution in [0.5, 0.6) is 0 Å². The van der Waals surface area contributed by atoms with Crippen molar-refractivity contribution in [3.05, 3.63) is 0 Å².